The van der Waals surface area contributed by atoms with Crippen LogP contribution in [0.3, 0.4) is 0 Å². The molecule has 2 aromatic rings. The fourth-order valence-corrected chi connectivity index (χ4v) is 2.38. The summed E-state index contributed by atoms with van der Waals surface area (Å²) in [4.78, 5) is 16.0. The summed E-state index contributed by atoms with van der Waals surface area (Å²) in [6.07, 6.45) is 3.46. The Morgan fingerprint density at radius 1 is 1.32 bits per heavy atom. The van der Waals surface area contributed by atoms with Crippen LogP contribution in [0.4, 0.5) is 5.82 Å². The molecule has 0 saturated carbocycles. The Hall–Kier alpha value is -2.56. The van der Waals surface area contributed by atoms with E-state index in [4.69, 9.17) is 0 Å². The number of hydrogen-bond acceptors (Lipinski definition) is 3. The molecule has 22 heavy (non-hydrogen) atoms. The van der Waals surface area contributed by atoms with E-state index in [0.29, 0.717) is 18.7 Å². The van der Waals surface area contributed by atoms with Crippen LogP contribution in [0, 0.1) is 0 Å². The SMILES string of the molecule is C=CCN(Cc1ccccc1)c1c(C(=O)N(C)C)cnn1C. The van der Waals surface area contributed by atoms with E-state index < -0.39 is 0 Å². The Morgan fingerprint density at radius 2 is 2.00 bits per heavy atom. The smallest absolute Gasteiger partial charge is 0.258 e. The Morgan fingerprint density at radius 3 is 2.59 bits per heavy atom. The molecular formula is C17H22N4O. The molecule has 5 nitrogen and oxygen atoms in total. The number of amides is 1. The zero-order valence-electron chi connectivity index (χ0n) is 13.4. The molecule has 1 aromatic carbocycles. The van der Waals surface area contributed by atoms with Crippen LogP contribution in [-0.2, 0) is 13.6 Å². The third kappa shape index (κ3) is 3.36. The maximum atomic E-state index is 12.4. The van der Waals surface area contributed by atoms with Crippen molar-refractivity contribution in [2.45, 2.75) is 6.54 Å². The lowest BCUT2D eigenvalue weighted by atomic mass is 10.2. The summed E-state index contributed by atoms with van der Waals surface area (Å²) in [5.74, 6) is 0.757. The summed E-state index contributed by atoms with van der Waals surface area (Å²) in [6, 6.07) is 10.2. The van der Waals surface area contributed by atoms with E-state index in [0.717, 1.165) is 5.82 Å². The van der Waals surface area contributed by atoms with Crippen molar-refractivity contribution in [1.82, 2.24) is 14.7 Å². The number of nitrogens with zero attached hydrogens (tertiary/aromatic N) is 4. The van der Waals surface area contributed by atoms with Gasteiger partial charge in [-0.3, -0.25) is 9.48 Å². The van der Waals surface area contributed by atoms with Gasteiger partial charge in [0.2, 0.25) is 0 Å². The van der Waals surface area contributed by atoms with Crippen LogP contribution in [0.15, 0.2) is 49.2 Å². The number of aryl methyl sites for hydroxylation is 1. The van der Waals surface area contributed by atoms with Crippen LogP contribution in [0.2, 0.25) is 0 Å². The van der Waals surface area contributed by atoms with Crippen molar-refractivity contribution in [3.63, 3.8) is 0 Å². The number of benzene rings is 1. The van der Waals surface area contributed by atoms with Crippen LogP contribution < -0.4 is 4.90 Å². The van der Waals surface area contributed by atoms with E-state index >= 15 is 0 Å². The van der Waals surface area contributed by atoms with E-state index in [1.165, 1.54) is 5.56 Å². The van der Waals surface area contributed by atoms with Crippen molar-refractivity contribution in [2.24, 2.45) is 7.05 Å². The summed E-state index contributed by atoms with van der Waals surface area (Å²) in [5, 5.41) is 4.26. The number of carbonyl (C=O) groups excluding carboxylic acids is 1. The van der Waals surface area contributed by atoms with Crippen LogP contribution >= 0.6 is 0 Å². The second-order valence-electron chi connectivity index (χ2n) is 5.36. The van der Waals surface area contributed by atoms with Crippen molar-refractivity contribution in [2.75, 3.05) is 25.5 Å². The van der Waals surface area contributed by atoms with E-state index in [1.54, 1.807) is 29.9 Å². The molecule has 0 bridgehead atoms. The van der Waals surface area contributed by atoms with Gasteiger partial charge in [-0.15, -0.1) is 6.58 Å². The third-order valence-electron chi connectivity index (χ3n) is 3.41. The zero-order chi connectivity index (χ0) is 16.1. The molecule has 0 aliphatic carbocycles. The Balaban J connectivity index is 2.38. The molecule has 1 amide bonds. The van der Waals surface area contributed by atoms with Gasteiger partial charge in [-0.05, 0) is 5.56 Å². The van der Waals surface area contributed by atoms with Gasteiger partial charge >= 0.3 is 0 Å². The molecule has 0 aliphatic heterocycles. The van der Waals surface area contributed by atoms with Crippen LogP contribution in [-0.4, -0.2) is 41.2 Å². The van der Waals surface area contributed by atoms with E-state index in [-0.39, 0.29) is 5.91 Å². The summed E-state index contributed by atoms with van der Waals surface area (Å²) >= 11 is 0. The lowest BCUT2D eigenvalue weighted by Crippen LogP contribution is -2.29. The average molecular weight is 298 g/mol. The fourth-order valence-electron chi connectivity index (χ4n) is 2.38. The lowest BCUT2D eigenvalue weighted by molar-refractivity contribution is 0.0828. The summed E-state index contributed by atoms with van der Waals surface area (Å²) in [7, 11) is 5.34. The highest BCUT2D eigenvalue weighted by atomic mass is 16.2. The van der Waals surface area contributed by atoms with Gasteiger partial charge < -0.3 is 9.80 Å². The van der Waals surface area contributed by atoms with Gasteiger partial charge in [0, 0.05) is 34.2 Å². The highest BCUT2D eigenvalue weighted by molar-refractivity contribution is 5.98. The number of rotatable bonds is 6. The first-order valence-electron chi connectivity index (χ1n) is 7.18. The predicted octanol–water partition coefficient (Wildman–Crippen LogP) is 2.31. The Kier molecular flexibility index (Phi) is 4.99. The van der Waals surface area contributed by atoms with Crippen LogP contribution in [0.5, 0.6) is 0 Å². The molecule has 0 aliphatic rings. The molecule has 5 heteroatoms. The van der Waals surface area contributed by atoms with Crippen molar-refractivity contribution < 1.29 is 4.79 Å². The van der Waals surface area contributed by atoms with Gasteiger partial charge in [0.15, 0.2) is 0 Å². The highest BCUT2D eigenvalue weighted by Gasteiger charge is 2.22. The zero-order valence-corrected chi connectivity index (χ0v) is 13.4. The summed E-state index contributed by atoms with van der Waals surface area (Å²) < 4.78 is 1.74. The van der Waals surface area contributed by atoms with Gasteiger partial charge in [-0.25, -0.2) is 0 Å². The molecule has 116 valence electrons. The Bertz CT molecular complexity index is 646. The predicted molar refractivity (Wildman–Crippen MR) is 88.9 cm³/mol. The standard InChI is InChI=1S/C17H22N4O/c1-5-11-21(13-14-9-7-6-8-10-14)16-15(12-18-20(16)4)17(22)19(2)3/h5-10,12H,1,11,13H2,2-4H3. The first-order valence-corrected chi connectivity index (χ1v) is 7.18. The molecule has 0 radical (unpaired) electrons. The van der Waals surface area contributed by atoms with Crippen LogP contribution in [0.1, 0.15) is 15.9 Å². The second kappa shape index (κ2) is 6.93. The van der Waals surface area contributed by atoms with E-state index in [2.05, 4.69) is 28.7 Å². The van der Waals surface area contributed by atoms with E-state index in [9.17, 15) is 4.79 Å². The molecule has 0 saturated heterocycles. The van der Waals surface area contributed by atoms with Gasteiger partial charge in [0.05, 0.1) is 6.20 Å². The molecule has 1 heterocycles. The molecule has 1 aromatic heterocycles. The summed E-state index contributed by atoms with van der Waals surface area (Å²) in [5.41, 5.74) is 1.78. The molecule has 2 rings (SSSR count). The summed E-state index contributed by atoms with van der Waals surface area (Å²) in [6.45, 7) is 5.16. The first kappa shape index (κ1) is 15.8. The number of carbonyl (C=O) groups is 1. The molecule has 0 fully saturated rings. The van der Waals surface area contributed by atoms with Crippen molar-refractivity contribution >= 4 is 11.7 Å². The Labute approximate surface area is 131 Å². The molecule has 0 spiro atoms. The first-order chi connectivity index (χ1) is 10.5. The average Bonchev–Trinajstić information content (AvgIpc) is 2.88. The highest BCUT2D eigenvalue weighted by Crippen LogP contribution is 2.23. The number of hydrogen-bond donors (Lipinski definition) is 0. The number of aromatic nitrogens is 2. The lowest BCUT2D eigenvalue weighted by Gasteiger charge is -2.25. The quantitative estimate of drug-likeness (QED) is 0.769. The molecule has 0 atom stereocenters. The molecule has 0 N–H and O–H groups in total. The minimum absolute atomic E-state index is 0.0507. The second-order valence-corrected chi connectivity index (χ2v) is 5.36. The maximum Gasteiger partial charge on any atom is 0.258 e. The third-order valence-corrected chi connectivity index (χ3v) is 3.41. The van der Waals surface area contributed by atoms with Gasteiger partial charge in [0.25, 0.3) is 5.91 Å². The van der Waals surface area contributed by atoms with Crippen LogP contribution in [0.25, 0.3) is 0 Å². The van der Waals surface area contributed by atoms with E-state index in [1.807, 2.05) is 31.3 Å². The fraction of sp³-hybridized carbons (Fsp3) is 0.294. The molecular weight excluding hydrogens is 276 g/mol. The number of anilines is 1. The monoisotopic (exact) mass is 298 g/mol. The minimum Gasteiger partial charge on any atom is -0.348 e. The van der Waals surface area contributed by atoms with Crippen molar-refractivity contribution in [3.8, 4) is 0 Å². The minimum atomic E-state index is -0.0507. The largest absolute Gasteiger partial charge is 0.348 e. The molecule has 0 unspecified atom stereocenters. The normalized spacial score (nSPS) is 10.3. The maximum absolute atomic E-state index is 12.4. The topological polar surface area (TPSA) is 41.4 Å². The van der Waals surface area contributed by atoms with Gasteiger partial charge in [-0.2, -0.15) is 5.10 Å². The van der Waals surface area contributed by atoms with Crippen molar-refractivity contribution in [3.05, 3.63) is 60.3 Å². The van der Waals surface area contributed by atoms with Gasteiger partial charge in [0.1, 0.15) is 11.4 Å². The van der Waals surface area contributed by atoms with Gasteiger partial charge in [-0.1, -0.05) is 36.4 Å². The van der Waals surface area contributed by atoms with Crippen molar-refractivity contribution in [1.29, 1.82) is 0 Å².